The van der Waals surface area contributed by atoms with E-state index in [2.05, 4.69) is 31.2 Å². The molecule has 2 atom stereocenters. The molecular formula is C42H49F4N9O5. The summed E-state index contributed by atoms with van der Waals surface area (Å²) >= 11 is 0. The van der Waals surface area contributed by atoms with Crippen molar-refractivity contribution in [3.05, 3.63) is 60.3 Å². The predicted molar refractivity (Wildman–Crippen MR) is 215 cm³/mol. The van der Waals surface area contributed by atoms with E-state index in [-0.39, 0.29) is 73.0 Å². The molecule has 14 nitrogen and oxygen atoms in total. The zero-order valence-electron chi connectivity index (χ0n) is 33.1. The number of likely N-dealkylation sites (tertiary alicyclic amines) is 1. The Kier molecular flexibility index (Phi) is 12.1. The smallest absolute Gasteiger partial charge is 0.414 e. The zero-order valence-corrected chi connectivity index (χ0v) is 33.1. The number of carbonyl (C=O) groups excluding carboxylic acids is 4. The molecule has 8 rings (SSSR count). The summed E-state index contributed by atoms with van der Waals surface area (Å²) in [5.74, 6) is -5.18. The molecule has 4 saturated heterocycles. The Morgan fingerprint density at radius 2 is 1.67 bits per heavy atom. The van der Waals surface area contributed by atoms with Crippen molar-refractivity contribution in [2.24, 2.45) is 5.92 Å². The summed E-state index contributed by atoms with van der Waals surface area (Å²) in [6.07, 6.45) is 5.68. The minimum absolute atomic E-state index is 0.0176. The van der Waals surface area contributed by atoms with Gasteiger partial charge in [-0.1, -0.05) is 12.1 Å². The second-order valence-electron chi connectivity index (χ2n) is 16.4. The third-order valence-corrected chi connectivity index (χ3v) is 12.3. The Bertz CT molecular complexity index is 2100. The molecule has 4 N–H and O–H groups in total. The number of imide groups is 1. The lowest BCUT2D eigenvalue weighted by Crippen LogP contribution is -2.61. The molecule has 4 aliphatic heterocycles. The third-order valence-electron chi connectivity index (χ3n) is 12.3. The van der Waals surface area contributed by atoms with Crippen LogP contribution in [-0.2, 0) is 19.1 Å². The fraction of sp³-hybridized carbons (Fsp3) is 0.524. The topological polar surface area (TPSA) is 161 Å². The lowest BCUT2D eigenvalue weighted by Gasteiger charge is -2.46. The minimum Gasteiger partial charge on any atom is -0.449 e. The number of carbonyl (C=O) groups is 4. The van der Waals surface area contributed by atoms with Gasteiger partial charge in [-0.3, -0.25) is 29.5 Å². The van der Waals surface area contributed by atoms with Crippen LogP contribution in [0.3, 0.4) is 0 Å². The van der Waals surface area contributed by atoms with Crippen molar-refractivity contribution in [3.8, 4) is 11.3 Å². The molecule has 320 valence electrons. The van der Waals surface area contributed by atoms with Gasteiger partial charge < -0.3 is 25.6 Å². The van der Waals surface area contributed by atoms with E-state index in [0.717, 1.165) is 6.20 Å². The lowest BCUT2D eigenvalue weighted by molar-refractivity contribution is -0.133. The maximum atomic E-state index is 15.7. The van der Waals surface area contributed by atoms with E-state index in [1.54, 1.807) is 35.2 Å². The Hall–Kier alpha value is -5.52. The number of benzene rings is 2. The Labute approximate surface area is 344 Å². The van der Waals surface area contributed by atoms with Gasteiger partial charge in [0.05, 0.1) is 31.1 Å². The van der Waals surface area contributed by atoms with Gasteiger partial charge in [-0.15, -0.1) is 0 Å². The number of ether oxygens (including phenoxy) is 1. The fourth-order valence-corrected chi connectivity index (χ4v) is 9.07. The monoisotopic (exact) mass is 835 g/mol. The van der Waals surface area contributed by atoms with Crippen LogP contribution in [0.2, 0.25) is 0 Å². The summed E-state index contributed by atoms with van der Waals surface area (Å²) < 4.78 is 66.7. The van der Waals surface area contributed by atoms with Crippen molar-refractivity contribution in [2.75, 3.05) is 59.8 Å². The molecule has 5 heterocycles. The summed E-state index contributed by atoms with van der Waals surface area (Å²) in [6, 6.07) is 9.26. The molecule has 1 saturated carbocycles. The molecule has 4 amide bonds. The van der Waals surface area contributed by atoms with Gasteiger partial charge in [0.2, 0.25) is 23.7 Å². The van der Waals surface area contributed by atoms with Crippen LogP contribution in [-0.4, -0.2) is 108 Å². The van der Waals surface area contributed by atoms with Crippen molar-refractivity contribution < 1.29 is 41.5 Å². The normalized spacial score (nSPS) is 25.3. The first-order chi connectivity index (χ1) is 28.9. The molecule has 0 radical (unpaired) electrons. The van der Waals surface area contributed by atoms with Gasteiger partial charge in [-0.25, -0.2) is 32.3 Å². The second kappa shape index (κ2) is 17.6. The number of amides is 4. The molecule has 2 aromatic carbocycles. The van der Waals surface area contributed by atoms with Crippen LogP contribution in [0.15, 0.2) is 48.7 Å². The lowest BCUT2D eigenvalue weighted by atomic mass is 9.85. The van der Waals surface area contributed by atoms with Crippen molar-refractivity contribution in [3.63, 3.8) is 0 Å². The highest BCUT2D eigenvalue weighted by Gasteiger charge is 2.48. The minimum atomic E-state index is -3.10. The molecule has 2 unspecified atom stereocenters. The number of rotatable bonds is 10. The number of hydrogen-bond donors (Lipinski definition) is 4. The highest BCUT2D eigenvalue weighted by atomic mass is 19.3. The molecule has 3 aromatic rings. The first kappa shape index (κ1) is 41.2. The number of hydrogen-bond acceptors (Lipinski definition) is 11. The maximum absolute atomic E-state index is 15.7. The Balaban J connectivity index is 0.779. The summed E-state index contributed by atoms with van der Waals surface area (Å²) in [7, 11) is 0. The average molecular weight is 836 g/mol. The van der Waals surface area contributed by atoms with Gasteiger partial charge in [0, 0.05) is 67.5 Å². The van der Waals surface area contributed by atoms with E-state index in [1.165, 1.54) is 21.9 Å². The molecule has 0 bridgehead atoms. The number of nitrogens with zero attached hydrogens (tertiary/aromatic N) is 5. The van der Waals surface area contributed by atoms with Crippen LogP contribution < -0.4 is 31.1 Å². The van der Waals surface area contributed by atoms with Gasteiger partial charge in [-0.2, -0.15) is 0 Å². The van der Waals surface area contributed by atoms with Crippen LogP contribution in [0.4, 0.5) is 45.4 Å². The van der Waals surface area contributed by atoms with E-state index >= 15 is 13.2 Å². The summed E-state index contributed by atoms with van der Waals surface area (Å²) in [6.45, 7) is 1.30. The SMILES string of the molecule is O=C1CCC(Nc2ccc(N3CCC(N4CCC(NC(=O)[C@H]5CC[C@H](Nc6ncc(F)c(-c7cccc(N8CCCOC8=O)c7)n6)CC5)CC4)C(F)(F)C3)c(F)c2)C(=O)N1. The third kappa shape index (κ3) is 9.27. The van der Waals surface area contributed by atoms with Gasteiger partial charge >= 0.3 is 6.09 Å². The zero-order chi connectivity index (χ0) is 42.0. The molecule has 0 spiro atoms. The quantitative estimate of drug-likeness (QED) is 0.152. The number of cyclic esters (lactones) is 1. The molecule has 1 aliphatic carbocycles. The highest BCUT2D eigenvalue weighted by molar-refractivity contribution is 6.01. The van der Waals surface area contributed by atoms with E-state index in [0.29, 0.717) is 88.1 Å². The van der Waals surface area contributed by atoms with Crippen molar-refractivity contribution in [1.29, 1.82) is 0 Å². The van der Waals surface area contributed by atoms with Gasteiger partial charge in [0.15, 0.2) is 5.82 Å². The number of anilines is 4. The van der Waals surface area contributed by atoms with E-state index in [4.69, 9.17) is 4.74 Å². The fourth-order valence-electron chi connectivity index (χ4n) is 9.07. The van der Waals surface area contributed by atoms with Gasteiger partial charge in [0.1, 0.15) is 17.6 Å². The van der Waals surface area contributed by atoms with Crippen LogP contribution in [0.1, 0.15) is 64.2 Å². The predicted octanol–water partition coefficient (Wildman–Crippen LogP) is 5.45. The Morgan fingerprint density at radius 1 is 0.867 bits per heavy atom. The number of nitrogens with one attached hydrogen (secondary N) is 4. The summed E-state index contributed by atoms with van der Waals surface area (Å²) in [5, 5.41) is 11.6. The average Bonchev–Trinajstić information content (AvgIpc) is 3.23. The number of piperidine rings is 3. The molecule has 60 heavy (non-hydrogen) atoms. The van der Waals surface area contributed by atoms with Crippen LogP contribution >= 0.6 is 0 Å². The van der Waals surface area contributed by atoms with E-state index in [9.17, 15) is 23.6 Å². The molecule has 18 heteroatoms. The van der Waals surface area contributed by atoms with Crippen molar-refractivity contribution in [2.45, 2.75) is 94.3 Å². The largest absolute Gasteiger partial charge is 0.449 e. The second-order valence-corrected chi connectivity index (χ2v) is 16.4. The van der Waals surface area contributed by atoms with Crippen LogP contribution in [0.5, 0.6) is 0 Å². The first-order valence-electron chi connectivity index (χ1n) is 20.8. The van der Waals surface area contributed by atoms with Gasteiger partial charge in [-0.05, 0) is 88.1 Å². The van der Waals surface area contributed by atoms with E-state index < -0.39 is 48.2 Å². The van der Waals surface area contributed by atoms with Crippen molar-refractivity contribution >= 4 is 46.8 Å². The highest BCUT2D eigenvalue weighted by Crippen LogP contribution is 2.37. The first-order valence-corrected chi connectivity index (χ1v) is 20.8. The van der Waals surface area contributed by atoms with E-state index in [1.807, 2.05) is 0 Å². The van der Waals surface area contributed by atoms with Crippen LogP contribution in [0.25, 0.3) is 11.3 Å². The summed E-state index contributed by atoms with van der Waals surface area (Å²) in [5.41, 5.74) is 1.58. The molecule has 1 aromatic heterocycles. The number of halogens is 4. The summed E-state index contributed by atoms with van der Waals surface area (Å²) in [4.78, 5) is 62.4. The number of aromatic nitrogens is 2. The standard InChI is InChI=1S/C42H49F4N9O5/c43-31-22-29(48-33-10-12-36(56)51-39(33)58)9-11-34(31)54-19-15-35(42(45,46)24-54)53-17-13-28(14-18-53)49-38(57)25-5-7-27(8-6-25)50-40-47-23-32(44)37(52-40)26-3-1-4-30(21-26)55-16-2-20-60-41(55)59/h1,3-4,9,11,21-23,25,27-28,33,35,48H,2,5-8,10,12-20,24H2,(H,49,57)(H,47,50,52)(H,51,56,58)/t25-,27-,33?,35?. The van der Waals surface area contributed by atoms with Gasteiger partial charge in [0.25, 0.3) is 5.92 Å². The maximum Gasteiger partial charge on any atom is 0.414 e. The molecular weight excluding hydrogens is 787 g/mol. The Morgan fingerprint density at radius 3 is 2.40 bits per heavy atom. The van der Waals surface area contributed by atoms with Crippen molar-refractivity contribution in [1.82, 2.24) is 25.5 Å². The number of alkyl halides is 2. The van der Waals surface area contributed by atoms with Crippen LogP contribution in [0, 0.1) is 17.6 Å². The molecule has 5 fully saturated rings. The molecule has 5 aliphatic rings.